The zero-order valence-corrected chi connectivity index (χ0v) is 19.8. The number of nitrogens with one attached hydrogen (secondary N) is 1. The van der Waals surface area contributed by atoms with Gasteiger partial charge in [-0.05, 0) is 70.6 Å². The Balaban J connectivity index is 1.70. The Kier molecular flexibility index (Phi) is 8.13. The standard InChI is InChI=1S/C23H20ClIN2O4/c1-29-20-10-16(11-21(12-20)30-2)23(28)27-26-13-17-9-18(24)5-8-22(17)31-14-15-3-6-19(25)7-4-15/h3-13H,14H2,1-2H3,(H,27,28)/b26-13-. The average molecular weight is 551 g/mol. The number of hydrogen-bond acceptors (Lipinski definition) is 5. The molecule has 0 unspecified atom stereocenters. The molecule has 3 aromatic rings. The van der Waals surface area contributed by atoms with Crippen molar-refractivity contribution in [3.05, 3.63) is 85.9 Å². The Hall–Kier alpha value is -2.78. The van der Waals surface area contributed by atoms with Gasteiger partial charge >= 0.3 is 0 Å². The van der Waals surface area contributed by atoms with Crippen LogP contribution in [0, 0.1) is 3.57 Å². The van der Waals surface area contributed by atoms with Crippen LogP contribution in [0.15, 0.2) is 65.8 Å². The molecule has 160 valence electrons. The van der Waals surface area contributed by atoms with E-state index in [2.05, 4.69) is 33.1 Å². The molecule has 0 aliphatic heterocycles. The topological polar surface area (TPSA) is 69.2 Å². The van der Waals surface area contributed by atoms with E-state index in [1.807, 2.05) is 24.3 Å². The van der Waals surface area contributed by atoms with Crippen LogP contribution in [0.3, 0.4) is 0 Å². The first-order chi connectivity index (χ1) is 15.0. The molecule has 3 aromatic carbocycles. The maximum Gasteiger partial charge on any atom is 0.271 e. The van der Waals surface area contributed by atoms with E-state index < -0.39 is 5.91 Å². The van der Waals surface area contributed by atoms with E-state index in [9.17, 15) is 4.79 Å². The van der Waals surface area contributed by atoms with Crippen LogP contribution in [0.2, 0.25) is 5.02 Å². The number of hydrogen-bond donors (Lipinski definition) is 1. The minimum absolute atomic E-state index is 0.356. The van der Waals surface area contributed by atoms with Crippen molar-refractivity contribution >= 4 is 46.3 Å². The zero-order valence-electron chi connectivity index (χ0n) is 16.9. The predicted octanol–water partition coefficient (Wildman–Crippen LogP) is 5.30. The number of halogens is 2. The molecule has 0 aliphatic carbocycles. The molecule has 0 atom stereocenters. The molecule has 1 N–H and O–H groups in total. The molecule has 8 heteroatoms. The number of amides is 1. The van der Waals surface area contributed by atoms with Gasteiger partial charge in [-0.2, -0.15) is 5.10 Å². The van der Waals surface area contributed by atoms with Gasteiger partial charge in [-0.25, -0.2) is 5.43 Å². The summed E-state index contributed by atoms with van der Waals surface area (Å²) in [6, 6.07) is 18.2. The average Bonchev–Trinajstić information content (AvgIpc) is 2.79. The summed E-state index contributed by atoms with van der Waals surface area (Å²) >= 11 is 8.38. The van der Waals surface area contributed by atoms with Crippen LogP contribution in [0.4, 0.5) is 0 Å². The van der Waals surface area contributed by atoms with Gasteiger partial charge in [0.2, 0.25) is 0 Å². The Morgan fingerprint density at radius 2 is 1.71 bits per heavy atom. The minimum Gasteiger partial charge on any atom is -0.497 e. The number of carbonyl (C=O) groups excluding carboxylic acids is 1. The highest BCUT2D eigenvalue weighted by atomic mass is 127. The molecule has 0 saturated heterocycles. The van der Waals surface area contributed by atoms with Crippen molar-refractivity contribution in [1.82, 2.24) is 5.43 Å². The Morgan fingerprint density at radius 3 is 2.35 bits per heavy atom. The highest BCUT2D eigenvalue weighted by Crippen LogP contribution is 2.24. The smallest absolute Gasteiger partial charge is 0.271 e. The molecule has 1 amide bonds. The Bertz CT molecular complexity index is 1070. The van der Waals surface area contributed by atoms with Crippen molar-refractivity contribution in [1.29, 1.82) is 0 Å². The third-order valence-electron chi connectivity index (χ3n) is 4.26. The van der Waals surface area contributed by atoms with Gasteiger partial charge in [-0.15, -0.1) is 0 Å². The second kappa shape index (κ2) is 11.0. The summed E-state index contributed by atoms with van der Waals surface area (Å²) in [7, 11) is 3.04. The molecule has 3 rings (SSSR count). The lowest BCUT2D eigenvalue weighted by molar-refractivity contribution is 0.0954. The molecular formula is C23H20ClIN2O4. The fraction of sp³-hybridized carbons (Fsp3) is 0.130. The molecule has 0 spiro atoms. The molecule has 0 saturated carbocycles. The summed E-state index contributed by atoms with van der Waals surface area (Å²) in [6.45, 7) is 0.398. The van der Waals surface area contributed by atoms with Crippen LogP contribution in [0.5, 0.6) is 17.2 Å². The van der Waals surface area contributed by atoms with Gasteiger partial charge in [0.1, 0.15) is 23.9 Å². The first-order valence-electron chi connectivity index (χ1n) is 9.22. The maximum atomic E-state index is 12.5. The van der Waals surface area contributed by atoms with E-state index in [0.717, 1.165) is 9.13 Å². The summed E-state index contributed by atoms with van der Waals surface area (Å²) < 4.78 is 17.5. The zero-order chi connectivity index (χ0) is 22.2. The molecule has 0 heterocycles. The van der Waals surface area contributed by atoms with Gasteiger partial charge in [0.15, 0.2) is 0 Å². The SMILES string of the molecule is COc1cc(OC)cc(C(=O)N/N=C\c2cc(Cl)ccc2OCc2ccc(I)cc2)c1. The largest absolute Gasteiger partial charge is 0.497 e. The number of rotatable bonds is 8. The molecule has 0 aliphatic rings. The Labute approximate surface area is 199 Å². The number of hydrazone groups is 1. The van der Waals surface area contributed by atoms with Gasteiger partial charge in [0.25, 0.3) is 5.91 Å². The summed E-state index contributed by atoms with van der Waals surface area (Å²) in [4.78, 5) is 12.5. The first kappa shape index (κ1) is 22.9. The third kappa shape index (κ3) is 6.60. The second-order valence-corrected chi connectivity index (χ2v) is 8.08. The Morgan fingerprint density at radius 1 is 1.03 bits per heavy atom. The van der Waals surface area contributed by atoms with Crippen LogP contribution in [-0.4, -0.2) is 26.3 Å². The van der Waals surface area contributed by atoms with Crippen molar-refractivity contribution in [2.75, 3.05) is 14.2 Å². The number of methoxy groups -OCH3 is 2. The van der Waals surface area contributed by atoms with Gasteiger partial charge in [0, 0.05) is 25.8 Å². The molecule has 0 fully saturated rings. The van der Waals surface area contributed by atoms with Crippen LogP contribution in [0.1, 0.15) is 21.5 Å². The monoisotopic (exact) mass is 550 g/mol. The fourth-order valence-corrected chi connectivity index (χ4v) is 3.20. The first-order valence-corrected chi connectivity index (χ1v) is 10.7. The molecule has 6 nitrogen and oxygen atoms in total. The third-order valence-corrected chi connectivity index (χ3v) is 5.22. The number of benzene rings is 3. The molecular weight excluding hydrogens is 531 g/mol. The van der Waals surface area contributed by atoms with E-state index in [1.54, 1.807) is 36.4 Å². The lowest BCUT2D eigenvalue weighted by Gasteiger charge is -2.10. The second-order valence-electron chi connectivity index (χ2n) is 6.40. The summed E-state index contributed by atoms with van der Waals surface area (Å²) in [6.07, 6.45) is 1.49. The summed E-state index contributed by atoms with van der Waals surface area (Å²) in [5.74, 6) is 1.21. The molecule has 0 aromatic heterocycles. The van der Waals surface area contributed by atoms with Crippen LogP contribution < -0.4 is 19.6 Å². The van der Waals surface area contributed by atoms with E-state index in [4.69, 9.17) is 25.8 Å². The van der Waals surface area contributed by atoms with Gasteiger partial charge in [-0.3, -0.25) is 4.79 Å². The van der Waals surface area contributed by atoms with E-state index in [-0.39, 0.29) is 0 Å². The van der Waals surface area contributed by atoms with E-state index in [0.29, 0.717) is 40.0 Å². The fourth-order valence-electron chi connectivity index (χ4n) is 2.66. The van der Waals surface area contributed by atoms with Crippen molar-refractivity contribution in [3.63, 3.8) is 0 Å². The van der Waals surface area contributed by atoms with E-state index in [1.165, 1.54) is 20.4 Å². The lowest BCUT2D eigenvalue weighted by Crippen LogP contribution is -2.17. The molecule has 0 bridgehead atoms. The number of nitrogens with zero attached hydrogens (tertiary/aromatic N) is 1. The van der Waals surface area contributed by atoms with Gasteiger partial charge in [-0.1, -0.05) is 23.7 Å². The maximum absolute atomic E-state index is 12.5. The summed E-state index contributed by atoms with van der Waals surface area (Å²) in [5, 5.41) is 4.59. The quantitative estimate of drug-likeness (QED) is 0.235. The normalized spacial score (nSPS) is 10.7. The van der Waals surface area contributed by atoms with Crippen molar-refractivity contribution in [3.8, 4) is 17.2 Å². The number of carbonyl (C=O) groups is 1. The van der Waals surface area contributed by atoms with E-state index >= 15 is 0 Å². The predicted molar refractivity (Wildman–Crippen MR) is 130 cm³/mol. The van der Waals surface area contributed by atoms with Crippen LogP contribution in [-0.2, 0) is 6.61 Å². The highest BCUT2D eigenvalue weighted by Gasteiger charge is 2.10. The van der Waals surface area contributed by atoms with Crippen molar-refractivity contribution in [2.45, 2.75) is 6.61 Å². The highest BCUT2D eigenvalue weighted by molar-refractivity contribution is 14.1. The minimum atomic E-state index is -0.406. The van der Waals surface area contributed by atoms with Crippen LogP contribution >= 0.6 is 34.2 Å². The van der Waals surface area contributed by atoms with Crippen molar-refractivity contribution in [2.24, 2.45) is 5.10 Å². The summed E-state index contributed by atoms with van der Waals surface area (Å²) in [5.41, 5.74) is 4.53. The van der Waals surface area contributed by atoms with Gasteiger partial charge in [0.05, 0.1) is 20.4 Å². The van der Waals surface area contributed by atoms with Gasteiger partial charge < -0.3 is 14.2 Å². The molecule has 31 heavy (non-hydrogen) atoms. The number of ether oxygens (including phenoxy) is 3. The van der Waals surface area contributed by atoms with Crippen molar-refractivity contribution < 1.29 is 19.0 Å². The van der Waals surface area contributed by atoms with Crippen LogP contribution in [0.25, 0.3) is 0 Å². The molecule has 0 radical (unpaired) electrons. The lowest BCUT2D eigenvalue weighted by atomic mass is 10.2.